The molecule has 0 N–H and O–H groups in total. The van der Waals surface area contributed by atoms with Gasteiger partial charge in [-0.3, -0.25) is 0 Å². The zero-order valence-corrected chi connectivity index (χ0v) is 13.4. The second-order valence-corrected chi connectivity index (χ2v) is 5.93. The molecule has 5 heteroatoms. The van der Waals surface area contributed by atoms with Crippen LogP contribution in [0.15, 0.2) is 6.07 Å². The molecule has 0 saturated heterocycles. The van der Waals surface area contributed by atoms with E-state index in [2.05, 4.69) is 28.8 Å². The maximum Gasteiger partial charge on any atom is 0.158 e. The van der Waals surface area contributed by atoms with Crippen LogP contribution >= 0.6 is 11.6 Å². The molecule has 20 heavy (non-hydrogen) atoms. The van der Waals surface area contributed by atoms with Gasteiger partial charge in [-0.25, -0.2) is 9.97 Å². The number of nitrogens with zero attached hydrogens (tertiary/aromatic N) is 3. The minimum Gasteiger partial charge on any atom is -0.374 e. The van der Waals surface area contributed by atoms with Gasteiger partial charge in [-0.1, -0.05) is 31.4 Å². The summed E-state index contributed by atoms with van der Waals surface area (Å²) in [4.78, 5) is 11.1. The van der Waals surface area contributed by atoms with Gasteiger partial charge in [0.1, 0.15) is 17.6 Å². The van der Waals surface area contributed by atoms with Gasteiger partial charge in [0.05, 0.1) is 0 Å². The lowest BCUT2D eigenvalue weighted by molar-refractivity contribution is 0.128. The van der Waals surface area contributed by atoms with Gasteiger partial charge in [0, 0.05) is 25.8 Å². The number of aromatic nitrogens is 2. The molecule has 0 radical (unpaired) electrons. The third kappa shape index (κ3) is 3.83. The van der Waals surface area contributed by atoms with E-state index in [1.165, 1.54) is 25.7 Å². The highest BCUT2D eigenvalue weighted by atomic mass is 35.5. The van der Waals surface area contributed by atoms with E-state index in [1.54, 1.807) is 0 Å². The van der Waals surface area contributed by atoms with Crippen LogP contribution in [0.4, 0.5) is 5.82 Å². The maximum absolute atomic E-state index is 6.11. The fourth-order valence-electron chi connectivity index (χ4n) is 2.93. The molecule has 1 saturated carbocycles. The summed E-state index contributed by atoms with van der Waals surface area (Å²) >= 11 is 6.11. The number of hydrogen-bond acceptors (Lipinski definition) is 4. The van der Waals surface area contributed by atoms with Crippen LogP contribution in [-0.4, -0.2) is 29.7 Å². The quantitative estimate of drug-likeness (QED) is 0.777. The van der Waals surface area contributed by atoms with Crippen molar-refractivity contribution >= 4 is 17.4 Å². The van der Waals surface area contributed by atoms with E-state index >= 15 is 0 Å². The zero-order chi connectivity index (χ0) is 14.5. The first-order valence-electron chi connectivity index (χ1n) is 7.45. The van der Waals surface area contributed by atoms with Gasteiger partial charge < -0.3 is 9.64 Å². The summed E-state index contributed by atoms with van der Waals surface area (Å²) in [5, 5.41) is 0.486. The number of halogens is 1. The first-order valence-corrected chi connectivity index (χ1v) is 7.83. The van der Waals surface area contributed by atoms with Crippen molar-refractivity contribution in [2.45, 2.75) is 52.2 Å². The summed E-state index contributed by atoms with van der Waals surface area (Å²) in [6.07, 6.45) is 5.15. The predicted molar refractivity (Wildman–Crippen MR) is 82.2 cm³/mol. The van der Waals surface area contributed by atoms with E-state index in [4.69, 9.17) is 16.3 Å². The lowest BCUT2D eigenvalue weighted by Crippen LogP contribution is -2.39. The molecule has 1 heterocycles. The van der Waals surface area contributed by atoms with Crippen molar-refractivity contribution < 1.29 is 4.74 Å². The molecular weight excluding hydrogens is 274 g/mol. The molecule has 2 unspecified atom stereocenters. The second kappa shape index (κ2) is 7.23. The topological polar surface area (TPSA) is 38.2 Å². The second-order valence-electron chi connectivity index (χ2n) is 5.54. The molecule has 0 spiro atoms. The minimum atomic E-state index is 0.415. The Bertz CT molecular complexity index is 441. The fraction of sp³-hybridized carbons (Fsp3) is 0.733. The zero-order valence-electron chi connectivity index (χ0n) is 12.6. The molecule has 4 nitrogen and oxygen atoms in total. The average molecular weight is 298 g/mol. The highest BCUT2D eigenvalue weighted by molar-refractivity contribution is 6.29. The highest BCUT2D eigenvalue weighted by Gasteiger charge is 2.26. The maximum atomic E-state index is 6.11. The van der Waals surface area contributed by atoms with Crippen molar-refractivity contribution in [1.82, 2.24) is 9.97 Å². The van der Waals surface area contributed by atoms with Gasteiger partial charge in [0.25, 0.3) is 0 Å². The normalized spacial score (nSPS) is 22.8. The van der Waals surface area contributed by atoms with Crippen molar-refractivity contribution in [3.8, 4) is 0 Å². The minimum absolute atomic E-state index is 0.415. The third-order valence-corrected chi connectivity index (χ3v) is 4.28. The van der Waals surface area contributed by atoms with E-state index in [0.29, 0.717) is 36.2 Å². The molecule has 0 bridgehead atoms. The summed E-state index contributed by atoms with van der Waals surface area (Å²) in [5.74, 6) is 2.25. The average Bonchev–Trinajstić information content (AvgIpc) is 2.44. The summed E-state index contributed by atoms with van der Waals surface area (Å²) in [7, 11) is 2.11. The SMILES string of the molecule is CCOCc1nc(Cl)cc(N(C)C2CCCCC2C)n1. The molecule has 2 rings (SSSR count). The van der Waals surface area contributed by atoms with Crippen LogP contribution in [0.3, 0.4) is 0 Å². The van der Waals surface area contributed by atoms with Gasteiger partial charge in [-0.15, -0.1) is 0 Å². The van der Waals surface area contributed by atoms with Gasteiger partial charge >= 0.3 is 0 Å². The molecule has 2 atom stereocenters. The van der Waals surface area contributed by atoms with E-state index in [0.717, 1.165) is 5.82 Å². The molecule has 1 aromatic heterocycles. The number of anilines is 1. The molecule has 1 aromatic rings. The Hall–Kier alpha value is -0.870. The number of hydrogen-bond donors (Lipinski definition) is 0. The van der Waals surface area contributed by atoms with Crippen LogP contribution < -0.4 is 4.90 Å². The molecule has 1 aliphatic rings. The van der Waals surface area contributed by atoms with Crippen LogP contribution in [0.2, 0.25) is 5.15 Å². The van der Waals surface area contributed by atoms with Gasteiger partial charge in [0.15, 0.2) is 5.82 Å². The molecule has 0 aliphatic heterocycles. The van der Waals surface area contributed by atoms with Crippen LogP contribution in [0, 0.1) is 5.92 Å². The summed E-state index contributed by atoms with van der Waals surface area (Å²) in [5.41, 5.74) is 0. The molecular formula is C15H24ClN3O. The Kier molecular flexibility index (Phi) is 5.61. The molecule has 0 aromatic carbocycles. The Morgan fingerprint density at radius 3 is 2.80 bits per heavy atom. The molecule has 1 aliphatic carbocycles. The largest absolute Gasteiger partial charge is 0.374 e. The predicted octanol–water partition coefficient (Wildman–Crippen LogP) is 3.68. The lowest BCUT2D eigenvalue weighted by Gasteiger charge is -2.37. The first-order chi connectivity index (χ1) is 9.61. The van der Waals surface area contributed by atoms with Crippen molar-refractivity contribution in [2.24, 2.45) is 5.92 Å². The molecule has 1 fully saturated rings. The van der Waals surface area contributed by atoms with Crippen molar-refractivity contribution in [2.75, 3.05) is 18.6 Å². The number of ether oxygens (including phenoxy) is 1. The van der Waals surface area contributed by atoms with E-state index < -0.39 is 0 Å². The van der Waals surface area contributed by atoms with Crippen molar-refractivity contribution in [1.29, 1.82) is 0 Å². The summed E-state index contributed by atoms with van der Waals surface area (Å²) in [6, 6.07) is 2.38. The Labute approximate surface area is 126 Å². The van der Waals surface area contributed by atoms with Crippen LogP contribution in [-0.2, 0) is 11.3 Å². The number of rotatable bonds is 5. The Morgan fingerprint density at radius 2 is 2.10 bits per heavy atom. The van der Waals surface area contributed by atoms with E-state index in [1.807, 2.05) is 13.0 Å². The van der Waals surface area contributed by atoms with Crippen molar-refractivity contribution in [3.63, 3.8) is 0 Å². The Balaban J connectivity index is 2.15. The van der Waals surface area contributed by atoms with Crippen molar-refractivity contribution in [3.05, 3.63) is 17.0 Å². The van der Waals surface area contributed by atoms with Gasteiger partial charge in [0.2, 0.25) is 0 Å². The molecule has 0 amide bonds. The van der Waals surface area contributed by atoms with Gasteiger partial charge in [-0.05, 0) is 25.7 Å². The standard InChI is InChI=1S/C15H24ClN3O/c1-4-20-10-14-17-13(16)9-15(18-14)19(3)12-8-6-5-7-11(12)2/h9,11-12H,4-8,10H2,1-3H3. The van der Waals surface area contributed by atoms with Crippen LogP contribution in [0.25, 0.3) is 0 Å². The van der Waals surface area contributed by atoms with Crippen LogP contribution in [0.1, 0.15) is 45.4 Å². The van der Waals surface area contributed by atoms with E-state index in [-0.39, 0.29) is 0 Å². The molecule has 112 valence electrons. The monoisotopic (exact) mass is 297 g/mol. The van der Waals surface area contributed by atoms with E-state index in [9.17, 15) is 0 Å². The fourth-order valence-corrected chi connectivity index (χ4v) is 3.13. The lowest BCUT2D eigenvalue weighted by atomic mass is 9.85. The van der Waals surface area contributed by atoms with Gasteiger partial charge in [-0.2, -0.15) is 0 Å². The first kappa shape index (κ1) is 15.5. The smallest absolute Gasteiger partial charge is 0.158 e. The third-order valence-electron chi connectivity index (χ3n) is 4.09. The Morgan fingerprint density at radius 1 is 1.35 bits per heavy atom. The van der Waals surface area contributed by atoms with Crippen LogP contribution in [0.5, 0.6) is 0 Å². The summed E-state index contributed by atoms with van der Waals surface area (Å²) in [6.45, 7) is 5.35. The highest BCUT2D eigenvalue weighted by Crippen LogP contribution is 2.30. The summed E-state index contributed by atoms with van der Waals surface area (Å²) < 4.78 is 5.37.